The fourth-order valence-corrected chi connectivity index (χ4v) is 2.01. The molecule has 0 spiro atoms. The molecule has 0 aliphatic rings. The molecule has 26 heavy (non-hydrogen) atoms. The number of aromatic nitrogens is 1. The van der Waals surface area contributed by atoms with E-state index in [-0.39, 0.29) is 41.8 Å². The second-order valence-electron chi connectivity index (χ2n) is 6.56. The van der Waals surface area contributed by atoms with E-state index in [4.69, 9.17) is 4.42 Å². The van der Waals surface area contributed by atoms with Crippen molar-refractivity contribution in [2.24, 2.45) is 4.99 Å². The molecule has 0 bridgehead atoms. The van der Waals surface area contributed by atoms with Gasteiger partial charge < -0.3 is 20.4 Å². The van der Waals surface area contributed by atoms with Crippen LogP contribution in [0.4, 0.5) is 5.69 Å². The smallest absolute Gasteiger partial charge is 0.243 e. The van der Waals surface area contributed by atoms with Crippen LogP contribution in [0.2, 0.25) is 0 Å². The zero-order chi connectivity index (χ0) is 18.3. The molecule has 142 valence electrons. The third-order valence-corrected chi connectivity index (χ3v) is 3.40. The lowest BCUT2D eigenvalue weighted by atomic mass is 9.94. The van der Waals surface area contributed by atoms with Gasteiger partial charge in [0.15, 0.2) is 5.96 Å². The predicted octanol–water partition coefficient (Wildman–Crippen LogP) is 2.89. The highest BCUT2D eigenvalue weighted by Crippen LogP contribution is 2.22. The summed E-state index contributed by atoms with van der Waals surface area (Å²) in [5.41, 5.74) is 0.674. The maximum absolute atomic E-state index is 11.9. The monoisotopic (exact) mass is 471 g/mol. The molecule has 1 aromatic heterocycles. The zero-order valence-electron chi connectivity index (χ0n) is 15.5. The van der Waals surface area contributed by atoms with Crippen molar-refractivity contribution in [3.8, 4) is 0 Å². The number of para-hydroxylation sites is 1. The van der Waals surface area contributed by atoms with E-state index in [9.17, 15) is 4.79 Å². The molecule has 1 aromatic carbocycles. The summed E-state index contributed by atoms with van der Waals surface area (Å²) < 4.78 is 5.71. The van der Waals surface area contributed by atoms with Crippen molar-refractivity contribution in [3.63, 3.8) is 0 Å². The Hall–Kier alpha value is -2.10. The van der Waals surface area contributed by atoms with Crippen LogP contribution in [0.15, 0.2) is 45.9 Å². The number of nitrogens with one attached hydrogen (secondary N) is 3. The number of rotatable bonds is 5. The third-order valence-electron chi connectivity index (χ3n) is 3.40. The SMILES string of the molecule is CN=C(NCC(=O)Nc1ccccc1)NCc1ncc(C(C)(C)C)o1.I. The van der Waals surface area contributed by atoms with E-state index in [0.717, 1.165) is 11.4 Å². The lowest BCUT2D eigenvalue weighted by Gasteiger charge is -2.13. The van der Waals surface area contributed by atoms with Crippen molar-refractivity contribution < 1.29 is 9.21 Å². The van der Waals surface area contributed by atoms with Crippen molar-refractivity contribution in [2.75, 3.05) is 18.9 Å². The Labute approximate surface area is 171 Å². The minimum Gasteiger partial charge on any atom is -0.443 e. The van der Waals surface area contributed by atoms with Crippen LogP contribution in [-0.4, -0.2) is 30.4 Å². The largest absolute Gasteiger partial charge is 0.443 e. The molecule has 1 heterocycles. The molecular weight excluding hydrogens is 445 g/mol. The summed E-state index contributed by atoms with van der Waals surface area (Å²) in [6.07, 6.45) is 1.74. The van der Waals surface area contributed by atoms with E-state index >= 15 is 0 Å². The van der Waals surface area contributed by atoms with Crippen molar-refractivity contribution in [2.45, 2.75) is 32.7 Å². The van der Waals surface area contributed by atoms with Crippen molar-refractivity contribution >= 4 is 41.5 Å². The average Bonchev–Trinajstić information content (AvgIpc) is 3.05. The third kappa shape index (κ3) is 7.03. The Morgan fingerprint density at radius 3 is 2.46 bits per heavy atom. The highest BCUT2D eigenvalue weighted by Gasteiger charge is 2.19. The fourth-order valence-electron chi connectivity index (χ4n) is 2.01. The summed E-state index contributed by atoms with van der Waals surface area (Å²) in [4.78, 5) is 20.3. The summed E-state index contributed by atoms with van der Waals surface area (Å²) in [5.74, 6) is 1.75. The molecular formula is C18H26IN5O2. The van der Waals surface area contributed by atoms with Crippen LogP contribution in [0.3, 0.4) is 0 Å². The lowest BCUT2D eigenvalue weighted by Crippen LogP contribution is -2.41. The van der Waals surface area contributed by atoms with Gasteiger partial charge in [-0.15, -0.1) is 24.0 Å². The first-order valence-corrected chi connectivity index (χ1v) is 8.13. The molecule has 0 fully saturated rings. The molecule has 2 rings (SSSR count). The first-order chi connectivity index (χ1) is 11.9. The number of carbonyl (C=O) groups excluding carboxylic acids is 1. The van der Waals surface area contributed by atoms with Gasteiger partial charge in [0, 0.05) is 18.2 Å². The standard InChI is InChI=1S/C18H25N5O2.HI/c1-18(2,3)14-10-20-16(25-14)12-22-17(19-4)21-11-15(24)23-13-8-6-5-7-9-13;/h5-10H,11-12H2,1-4H3,(H,23,24)(H2,19,21,22);1H. The van der Waals surface area contributed by atoms with E-state index in [1.165, 1.54) is 0 Å². The van der Waals surface area contributed by atoms with E-state index in [0.29, 0.717) is 18.4 Å². The molecule has 0 saturated carbocycles. The van der Waals surface area contributed by atoms with Crippen molar-refractivity contribution in [3.05, 3.63) is 48.2 Å². The Morgan fingerprint density at radius 2 is 1.88 bits per heavy atom. The lowest BCUT2D eigenvalue weighted by molar-refractivity contribution is -0.115. The molecule has 8 heteroatoms. The second kappa shape index (κ2) is 10.1. The topological polar surface area (TPSA) is 91.5 Å². The van der Waals surface area contributed by atoms with E-state index in [1.807, 2.05) is 30.3 Å². The minimum absolute atomic E-state index is 0. The molecule has 0 aliphatic carbocycles. The number of hydrogen-bond donors (Lipinski definition) is 3. The van der Waals surface area contributed by atoms with Crippen LogP contribution in [0.1, 0.15) is 32.4 Å². The van der Waals surface area contributed by atoms with E-state index in [1.54, 1.807) is 13.2 Å². The van der Waals surface area contributed by atoms with E-state index in [2.05, 4.69) is 46.7 Å². The minimum atomic E-state index is -0.153. The highest BCUT2D eigenvalue weighted by atomic mass is 127. The summed E-state index contributed by atoms with van der Waals surface area (Å²) in [6, 6.07) is 9.30. The van der Waals surface area contributed by atoms with Gasteiger partial charge in [0.25, 0.3) is 0 Å². The number of oxazole rings is 1. The Kier molecular flexibility index (Phi) is 8.56. The van der Waals surface area contributed by atoms with Gasteiger partial charge in [-0.05, 0) is 12.1 Å². The molecule has 0 unspecified atom stereocenters. The maximum Gasteiger partial charge on any atom is 0.243 e. The van der Waals surface area contributed by atoms with E-state index < -0.39 is 0 Å². The maximum atomic E-state index is 11.9. The van der Waals surface area contributed by atoms with Crippen LogP contribution in [0.25, 0.3) is 0 Å². The van der Waals surface area contributed by atoms with Crippen LogP contribution in [0.5, 0.6) is 0 Å². The number of hydrogen-bond acceptors (Lipinski definition) is 4. The quantitative estimate of drug-likeness (QED) is 0.355. The first kappa shape index (κ1) is 21.9. The van der Waals surface area contributed by atoms with Gasteiger partial charge in [0.2, 0.25) is 11.8 Å². The molecule has 7 nitrogen and oxygen atoms in total. The van der Waals surface area contributed by atoms with Crippen LogP contribution in [0, 0.1) is 0 Å². The summed E-state index contributed by atoms with van der Waals surface area (Å²) in [6.45, 7) is 6.69. The van der Waals surface area contributed by atoms with Gasteiger partial charge in [0.1, 0.15) is 5.76 Å². The second-order valence-corrected chi connectivity index (χ2v) is 6.56. The number of anilines is 1. The summed E-state index contributed by atoms with van der Waals surface area (Å²) >= 11 is 0. The zero-order valence-corrected chi connectivity index (χ0v) is 17.8. The number of benzene rings is 1. The fraction of sp³-hybridized carbons (Fsp3) is 0.389. The van der Waals surface area contributed by atoms with Crippen molar-refractivity contribution in [1.29, 1.82) is 0 Å². The number of halogens is 1. The number of nitrogens with zero attached hydrogens (tertiary/aromatic N) is 2. The first-order valence-electron chi connectivity index (χ1n) is 8.13. The molecule has 2 aromatic rings. The Balaban J connectivity index is 0.00000338. The molecule has 0 aliphatic heterocycles. The number of guanidine groups is 1. The highest BCUT2D eigenvalue weighted by molar-refractivity contribution is 14.0. The predicted molar refractivity (Wildman–Crippen MR) is 114 cm³/mol. The number of carbonyl (C=O) groups is 1. The summed E-state index contributed by atoms with van der Waals surface area (Å²) in [7, 11) is 1.64. The Bertz CT molecular complexity index is 723. The van der Waals surface area contributed by atoms with Gasteiger partial charge in [-0.2, -0.15) is 0 Å². The average molecular weight is 471 g/mol. The molecule has 0 radical (unpaired) electrons. The molecule has 3 N–H and O–H groups in total. The van der Waals surface area contributed by atoms with Crippen LogP contribution >= 0.6 is 24.0 Å². The van der Waals surface area contributed by atoms with Gasteiger partial charge in [-0.1, -0.05) is 39.0 Å². The van der Waals surface area contributed by atoms with Gasteiger partial charge in [0.05, 0.1) is 19.3 Å². The molecule has 0 saturated heterocycles. The Morgan fingerprint density at radius 1 is 1.19 bits per heavy atom. The van der Waals surface area contributed by atoms with Crippen LogP contribution < -0.4 is 16.0 Å². The number of amides is 1. The van der Waals surface area contributed by atoms with Crippen LogP contribution in [-0.2, 0) is 16.8 Å². The number of aliphatic imine (C=N–C) groups is 1. The van der Waals surface area contributed by atoms with Gasteiger partial charge >= 0.3 is 0 Å². The molecule has 1 amide bonds. The normalized spacial score (nSPS) is 11.5. The van der Waals surface area contributed by atoms with Crippen molar-refractivity contribution in [1.82, 2.24) is 15.6 Å². The van der Waals surface area contributed by atoms with Gasteiger partial charge in [-0.3, -0.25) is 9.79 Å². The summed E-state index contributed by atoms with van der Waals surface area (Å²) in [5, 5.41) is 8.83. The molecule has 0 atom stereocenters. The van der Waals surface area contributed by atoms with Gasteiger partial charge in [-0.25, -0.2) is 4.98 Å².